The zero-order valence-electron chi connectivity index (χ0n) is 8.80. The standard InChI is InChI=1S/C10H16F2N2O/c1-7-13-10(4-2-3-5-10)9(15)14(7)6-8(11)12/h7-8,13H,2-6H2,1H3. The summed E-state index contributed by atoms with van der Waals surface area (Å²) in [6, 6.07) is 0. The van der Waals surface area contributed by atoms with Crippen molar-refractivity contribution in [3.63, 3.8) is 0 Å². The number of carbonyl (C=O) groups is 1. The third-order valence-electron chi connectivity index (χ3n) is 3.41. The smallest absolute Gasteiger partial charge is 0.255 e. The number of nitrogens with one attached hydrogen (secondary N) is 1. The number of alkyl halides is 2. The summed E-state index contributed by atoms with van der Waals surface area (Å²) in [5.41, 5.74) is -0.520. The minimum absolute atomic E-state index is 0.132. The third-order valence-corrected chi connectivity index (χ3v) is 3.41. The molecule has 0 aromatic carbocycles. The maximum atomic E-state index is 12.3. The van der Waals surface area contributed by atoms with Crippen molar-refractivity contribution in [1.82, 2.24) is 10.2 Å². The van der Waals surface area contributed by atoms with Crippen molar-refractivity contribution in [1.29, 1.82) is 0 Å². The van der Waals surface area contributed by atoms with E-state index in [1.807, 2.05) is 0 Å². The molecule has 1 unspecified atom stereocenters. The number of halogens is 2. The Labute approximate surface area is 87.8 Å². The topological polar surface area (TPSA) is 32.3 Å². The molecular weight excluding hydrogens is 202 g/mol. The van der Waals surface area contributed by atoms with Crippen LogP contribution < -0.4 is 5.32 Å². The van der Waals surface area contributed by atoms with Crippen molar-refractivity contribution in [3.8, 4) is 0 Å². The van der Waals surface area contributed by atoms with Gasteiger partial charge in [0.2, 0.25) is 5.91 Å². The van der Waals surface area contributed by atoms with Crippen molar-refractivity contribution >= 4 is 5.91 Å². The van der Waals surface area contributed by atoms with Gasteiger partial charge in [-0.2, -0.15) is 0 Å². The van der Waals surface area contributed by atoms with Crippen LogP contribution in [0.3, 0.4) is 0 Å². The van der Waals surface area contributed by atoms with Crippen LogP contribution in [-0.4, -0.2) is 35.5 Å². The van der Waals surface area contributed by atoms with Crippen molar-refractivity contribution in [2.75, 3.05) is 6.54 Å². The average Bonchev–Trinajstić information content (AvgIpc) is 2.69. The molecule has 0 bridgehead atoms. The van der Waals surface area contributed by atoms with E-state index in [-0.39, 0.29) is 12.1 Å². The Bertz CT molecular complexity index is 264. The number of hydrogen-bond acceptors (Lipinski definition) is 2. The minimum atomic E-state index is -2.45. The second-order valence-electron chi connectivity index (χ2n) is 4.46. The fourth-order valence-corrected chi connectivity index (χ4v) is 2.72. The Morgan fingerprint density at radius 3 is 2.67 bits per heavy atom. The highest BCUT2D eigenvalue weighted by molar-refractivity contribution is 5.89. The Morgan fingerprint density at radius 2 is 2.13 bits per heavy atom. The summed E-state index contributed by atoms with van der Waals surface area (Å²) in [6.45, 7) is 1.32. The van der Waals surface area contributed by atoms with Crippen LogP contribution >= 0.6 is 0 Å². The second-order valence-corrected chi connectivity index (χ2v) is 4.46. The summed E-state index contributed by atoms with van der Waals surface area (Å²) < 4.78 is 24.6. The molecule has 2 fully saturated rings. The molecule has 1 N–H and O–H groups in total. The maximum absolute atomic E-state index is 12.3. The van der Waals surface area contributed by atoms with E-state index in [0.717, 1.165) is 25.7 Å². The van der Waals surface area contributed by atoms with E-state index >= 15 is 0 Å². The van der Waals surface area contributed by atoms with Gasteiger partial charge in [-0.15, -0.1) is 0 Å². The largest absolute Gasteiger partial charge is 0.320 e. The first-order chi connectivity index (χ1) is 7.05. The van der Waals surface area contributed by atoms with E-state index in [2.05, 4.69) is 5.32 Å². The highest BCUT2D eigenvalue weighted by Gasteiger charge is 2.51. The van der Waals surface area contributed by atoms with Crippen molar-refractivity contribution < 1.29 is 13.6 Å². The van der Waals surface area contributed by atoms with Crippen LogP contribution in [0.4, 0.5) is 8.78 Å². The highest BCUT2D eigenvalue weighted by Crippen LogP contribution is 2.36. The molecule has 1 spiro atoms. The lowest BCUT2D eigenvalue weighted by atomic mass is 9.98. The molecular formula is C10H16F2N2O. The van der Waals surface area contributed by atoms with Gasteiger partial charge >= 0.3 is 0 Å². The molecule has 1 heterocycles. The number of hydrogen-bond donors (Lipinski definition) is 1. The van der Waals surface area contributed by atoms with Crippen LogP contribution in [0.1, 0.15) is 32.6 Å². The lowest BCUT2D eigenvalue weighted by Crippen LogP contribution is -2.44. The molecule has 0 aromatic rings. The van der Waals surface area contributed by atoms with Gasteiger partial charge in [-0.05, 0) is 19.8 Å². The Balaban J connectivity index is 2.12. The quantitative estimate of drug-likeness (QED) is 0.758. The number of carbonyl (C=O) groups excluding carboxylic acids is 1. The molecule has 2 aliphatic rings. The van der Waals surface area contributed by atoms with Crippen LogP contribution in [-0.2, 0) is 4.79 Å². The van der Waals surface area contributed by atoms with Crippen molar-refractivity contribution in [2.45, 2.75) is 50.7 Å². The molecule has 1 saturated heterocycles. The molecule has 1 aliphatic carbocycles. The summed E-state index contributed by atoms with van der Waals surface area (Å²) >= 11 is 0. The van der Waals surface area contributed by atoms with Crippen molar-refractivity contribution in [3.05, 3.63) is 0 Å². The predicted octanol–water partition coefficient (Wildman–Crippen LogP) is 1.34. The summed E-state index contributed by atoms with van der Waals surface area (Å²) in [7, 11) is 0. The molecule has 0 aromatic heterocycles. The fraction of sp³-hybridized carbons (Fsp3) is 0.900. The first-order valence-electron chi connectivity index (χ1n) is 5.42. The van der Waals surface area contributed by atoms with E-state index < -0.39 is 18.5 Å². The molecule has 1 aliphatic heterocycles. The van der Waals surface area contributed by atoms with Crippen LogP contribution in [0, 0.1) is 0 Å². The van der Waals surface area contributed by atoms with Gasteiger partial charge in [0, 0.05) is 0 Å². The lowest BCUT2D eigenvalue weighted by Gasteiger charge is -2.21. The minimum Gasteiger partial charge on any atom is -0.320 e. The van der Waals surface area contributed by atoms with Crippen LogP contribution in [0.5, 0.6) is 0 Å². The zero-order chi connectivity index (χ0) is 11.1. The molecule has 0 radical (unpaired) electrons. The van der Waals surface area contributed by atoms with Crippen LogP contribution in [0.2, 0.25) is 0 Å². The first kappa shape index (κ1) is 10.8. The van der Waals surface area contributed by atoms with Gasteiger partial charge in [0.1, 0.15) is 0 Å². The summed E-state index contributed by atoms with van der Waals surface area (Å²) in [5, 5.41) is 3.18. The van der Waals surface area contributed by atoms with Crippen LogP contribution in [0.25, 0.3) is 0 Å². The van der Waals surface area contributed by atoms with Gasteiger partial charge in [-0.3, -0.25) is 10.1 Å². The van der Waals surface area contributed by atoms with Gasteiger partial charge in [-0.25, -0.2) is 8.78 Å². The molecule has 5 heteroatoms. The lowest BCUT2D eigenvalue weighted by molar-refractivity contribution is -0.134. The van der Waals surface area contributed by atoms with Gasteiger partial charge in [0.25, 0.3) is 6.43 Å². The third kappa shape index (κ3) is 1.73. The molecule has 3 nitrogen and oxygen atoms in total. The normalized spacial score (nSPS) is 29.7. The second kappa shape index (κ2) is 3.70. The van der Waals surface area contributed by atoms with Gasteiger partial charge in [-0.1, -0.05) is 12.8 Å². The van der Waals surface area contributed by atoms with Gasteiger partial charge < -0.3 is 4.90 Å². The van der Waals surface area contributed by atoms with E-state index in [9.17, 15) is 13.6 Å². The Hall–Kier alpha value is -0.710. The van der Waals surface area contributed by atoms with Gasteiger partial charge in [0.05, 0.1) is 18.2 Å². The molecule has 1 amide bonds. The number of nitrogens with zero attached hydrogens (tertiary/aromatic N) is 1. The summed E-state index contributed by atoms with van der Waals surface area (Å²) in [4.78, 5) is 13.3. The van der Waals surface area contributed by atoms with Crippen LogP contribution in [0.15, 0.2) is 0 Å². The molecule has 1 saturated carbocycles. The fourth-order valence-electron chi connectivity index (χ4n) is 2.72. The zero-order valence-corrected chi connectivity index (χ0v) is 8.80. The van der Waals surface area contributed by atoms with Crippen molar-refractivity contribution in [2.24, 2.45) is 0 Å². The SMILES string of the molecule is CC1NC2(CCCC2)C(=O)N1CC(F)F. The van der Waals surface area contributed by atoms with E-state index in [1.54, 1.807) is 6.92 Å². The maximum Gasteiger partial charge on any atom is 0.255 e. The molecule has 86 valence electrons. The van der Waals surface area contributed by atoms with Gasteiger partial charge in [0.15, 0.2) is 0 Å². The number of rotatable bonds is 2. The summed E-state index contributed by atoms with van der Waals surface area (Å²) in [5.74, 6) is -0.132. The Morgan fingerprint density at radius 1 is 1.53 bits per heavy atom. The van der Waals surface area contributed by atoms with E-state index in [4.69, 9.17) is 0 Å². The predicted molar refractivity (Wildman–Crippen MR) is 51.5 cm³/mol. The summed E-state index contributed by atoms with van der Waals surface area (Å²) in [6.07, 6.45) is 0.882. The first-order valence-corrected chi connectivity index (χ1v) is 5.42. The van der Waals surface area contributed by atoms with E-state index in [0.29, 0.717) is 0 Å². The Kier molecular flexibility index (Phi) is 2.66. The number of amides is 1. The molecule has 2 rings (SSSR count). The van der Waals surface area contributed by atoms with E-state index in [1.165, 1.54) is 4.90 Å². The molecule has 1 atom stereocenters. The highest BCUT2D eigenvalue weighted by atomic mass is 19.3. The monoisotopic (exact) mass is 218 g/mol. The molecule has 15 heavy (non-hydrogen) atoms. The average molecular weight is 218 g/mol.